The van der Waals surface area contributed by atoms with Crippen molar-refractivity contribution in [1.29, 1.82) is 0 Å². The minimum atomic E-state index is -0.0426. The van der Waals surface area contributed by atoms with Gasteiger partial charge < -0.3 is 10.5 Å². The molecule has 104 valence electrons. The van der Waals surface area contributed by atoms with Crippen molar-refractivity contribution in [3.63, 3.8) is 0 Å². The molecule has 3 heteroatoms. The number of rotatable bonds is 10. The summed E-state index contributed by atoms with van der Waals surface area (Å²) in [4.78, 5) is 2.52. The van der Waals surface area contributed by atoms with Gasteiger partial charge in [0, 0.05) is 13.7 Å². The summed E-state index contributed by atoms with van der Waals surface area (Å²) in [7, 11) is 1.77. The van der Waals surface area contributed by atoms with Crippen LogP contribution in [0.1, 0.15) is 53.4 Å². The van der Waals surface area contributed by atoms with E-state index in [9.17, 15) is 0 Å². The van der Waals surface area contributed by atoms with Gasteiger partial charge in [0.15, 0.2) is 0 Å². The molecule has 2 N–H and O–H groups in total. The second kappa shape index (κ2) is 8.90. The first-order valence-corrected chi connectivity index (χ1v) is 7.04. The maximum absolute atomic E-state index is 6.01. The van der Waals surface area contributed by atoms with Crippen LogP contribution in [0.3, 0.4) is 0 Å². The van der Waals surface area contributed by atoms with Gasteiger partial charge in [0.1, 0.15) is 0 Å². The van der Waals surface area contributed by atoms with E-state index in [4.69, 9.17) is 10.5 Å². The van der Waals surface area contributed by atoms with Crippen LogP contribution in [0.2, 0.25) is 0 Å². The van der Waals surface area contributed by atoms with Gasteiger partial charge in [-0.15, -0.1) is 0 Å². The maximum Gasteiger partial charge on any atom is 0.0736 e. The van der Waals surface area contributed by atoms with Crippen LogP contribution in [-0.2, 0) is 4.74 Å². The summed E-state index contributed by atoms with van der Waals surface area (Å²) in [6.07, 6.45) is 5.09. The Morgan fingerprint density at radius 1 is 1.18 bits per heavy atom. The molecule has 0 rings (SSSR count). The first-order valence-electron chi connectivity index (χ1n) is 7.04. The van der Waals surface area contributed by atoms with Gasteiger partial charge >= 0.3 is 0 Å². The molecular formula is C14H32N2O. The molecular weight excluding hydrogens is 212 g/mol. The molecule has 0 aromatic rings. The van der Waals surface area contributed by atoms with Crippen molar-refractivity contribution in [3.05, 3.63) is 0 Å². The molecule has 0 aromatic carbocycles. The molecule has 2 atom stereocenters. The van der Waals surface area contributed by atoms with Crippen molar-refractivity contribution in [1.82, 2.24) is 4.90 Å². The highest BCUT2D eigenvalue weighted by atomic mass is 16.5. The molecule has 0 saturated carbocycles. The summed E-state index contributed by atoms with van der Waals surface area (Å²) in [6, 6.07) is 0. The van der Waals surface area contributed by atoms with Gasteiger partial charge in [-0.25, -0.2) is 0 Å². The lowest BCUT2D eigenvalue weighted by atomic mass is 9.92. The van der Waals surface area contributed by atoms with E-state index >= 15 is 0 Å². The van der Waals surface area contributed by atoms with E-state index in [1.54, 1.807) is 7.11 Å². The second-order valence-electron chi connectivity index (χ2n) is 5.13. The van der Waals surface area contributed by atoms with Crippen molar-refractivity contribution in [2.24, 2.45) is 5.73 Å². The number of nitrogens with two attached hydrogens (primary N) is 1. The first kappa shape index (κ1) is 16.9. The molecule has 0 aliphatic rings. The van der Waals surface area contributed by atoms with Crippen LogP contribution in [0.15, 0.2) is 0 Å². The van der Waals surface area contributed by atoms with Gasteiger partial charge in [-0.05, 0) is 39.8 Å². The Morgan fingerprint density at radius 2 is 1.65 bits per heavy atom. The predicted molar refractivity (Wildman–Crippen MR) is 75.3 cm³/mol. The third kappa shape index (κ3) is 4.94. The number of ether oxygens (including phenoxy) is 1. The molecule has 0 aliphatic heterocycles. The Balaban J connectivity index is 4.67. The standard InChI is InChI=1S/C14H32N2O/c1-6-8-10-16(11-9-7-2)14(4,12-15)13(3)17-5/h13H,6-12,15H2,1-5H3. The molecule has 17 heavy (non-hydrogen) atoms. The van der Waals surface area contributed by atoms with Gasteiger partial charge in [0.05, 0.1) is 11.6 Å². The minimum Gasteiger partial charge on any atom is -0.380 e. The first-order chi connectivity index (χ1) is 8.06. The average molecular weight is 244 g/mol. The third-order valence-electron chi connectivity index (χ3n) is 3.93. The van der Waals surface area contributed by atoms with Crippen molar-refractivity contribution >= 4 is 0 Å². The van der Waals surface area contributed by atoms with Crippen LogP contribution < -0.4 is 5.73 Å². The average Bonchev–Trinajstić information content (AvgIpc) is 2.37. The molecule has 0 aliphatic carbocycles. The molecule has 0 bridgehead atoms. The van der Waals surface area contributed by atoms with Gasteiger partial charge in [-0.2, -0.15) is 0 Å². The monoisotopic (exact) mass is 244 g/mol. The predicted octanol–water partition coefficient (Wildman–Crippen LogP) is 2.64. The highest BCUT2D eigenvalue weighted by molar-refractivity contribution is 4.93. The molecule has 0 amide bonds. The lowest BCUT2D eigenvalue weighted by molar-refractivity contribution is -0.0323. The molecule has 0 radical (unpaired) electrons. The fourth-order valence-electron chi connectivity index (χ4n) is 2.13. The van der Waals surface area contributed by atoms with Crippen LogP contribution in [0.25, 0.3) is 0 Å². The van der Waals surface area contributed by atoms with Gasteiger partial charge in [0.2, 0.25) is 0 Å². The quantitative estimate of drug-likeness (QED) is 0.642. The van der Waals surface area contributed by atoms with Crippen LogP contribution in [0.4, 0.5) is 0 Å². The number of unbranched alkanes of at least 4 members (excludes halogenated alkanes) is 2. The van der Waals surface area contributed by atoms with Gasteiger partial charge in [0.25, 0.3) is 0 Å². The van der Waals surface area contributed by atoms with E-state index in [1.807, 2.05) is 0 Å². The topological polar surface area (TPSA) is 38.5 Å². The number of nitrogens with zero attached hydrogens (tertiary/aromatic N) is 1. The lowest BCUT2D eigenvalue weighted by Crippen LogP contribution is -2.59. The Hall–Kier alpha value is -0.120. The second-order valence-corrected chi connectivity index (χ2v) is 5.13. The largest absolute Gasteiger partial charge is 0.380 e. The third-order valence-corrected chi connectivity index (χ3v) is 3.93. The fraction of sp³-hybridized carbons (Fsp3) is 1.00. The van der Waals surface area contributed by atoms with Crippen molar-refractivity contribution in [2.45, 2.75) is 65.0 Å². The van der Waals surface area contributed by atoms with Crippen LogP contribution in [-0.4, -0.2) is 43.3 Å². The smallest absolute Gasteiger partial charge is 0.0736 e. The summed E-state index contributed by atoms with van der Waals surface area (Å²) in [5.74, 6) is 0. The molecule has 0 spiro atoms. The minimum absolute atomic E-state index is 0.0426. The van der Waals surface area contributed by atoms with E-state index in [1.165, 1.54) is 25.7 Å². The number of methoxy groups -OCH3 is 1. The molecule has 0 saturated heterocycles. The zero-order valence-electron chi connectivity index (χ0n) is 12.5. The zero-order valence-corrected chi connectivity index (χ0v) is 12.5. The zero-order chi connectivity index (χ0) is 13.3. The highest BCUT2D eigenvalue weighted by Gasteiger charge is 2.35. The van der Waals surface area contributed by atoms with E-state index in [0.717, 1.165) is 13.1 Å². The van der Waals surface area contributed by atoms with Crippen molar-refractivity contribution < 1.29 is 4.74 Å². The molecule has 0 aromatic heterocycles. The highest BCUT2D eigenvalue weighted by Crippen LogP contribution is 2.22. The Bertz CT molecular complexity index is 179. The summed E-state index contributed by atoms with van der Waals surface area (Å²) < 4.78 is 5.53. The summed E-state index contributed by atoms with van der Waals surface area (Å²) in [6.45, 7) is 11.7. The normalized spacial score (nSPS) is 17.1. The number of hydrogen-bond acceptors (Lipinski definition) is 3. The van der Waals surface area contributed by atoms with E-state index in [2.05, 4.69) is 32.6 Å². The van der Waals surface area contributed by atoms with Crippen molar-refractivity contribution in [3.8, 4) is 0 Å². The Morgan fingerprint density at radius 3 is 1.94 bits per heavy atom. The van der Waals surface area contributed by atoms with E-state index < -0.39 is 0 Å². The maximum atomic E-state index is 6.01. The SMILES string of the molecule is CCCCN(CCCC)C(C)(CN)C(C)OC. The van der Waals surface area contributed by atoms with Crippen LogP contribution in [0.5, 0.6) is 0 Å². The van der Waals surface area contributed by atoms with E-state index in [0.29, 0.717) is 6.54 Å². The van der Waals surface area contributed by atoms with Crippen LogP contribution in [0, 0.1) is 0 Å². The molecule has 0 heterocycles. The lowest BCUT2D eigenvalue weighted by Gasteiger charge is -2.44. The fourth-order valence-corrected chi connectivity index (χ4v) is 2.13. The summed E-state index contributed by atoms with van der Waals surface area (Å²) in [5.41, 5.74) is 5.96. The molecule has 3 nitrogen and oxygen atoms in total. The van der Waals surface area contributed by atoms with Gasteiger partial charge in [-0.1, -0.05) is 26.7 Å². The number of hydrogen-bond donors (Lipinski definition) is 1. The summed E-state index contributed by atoms with van der Waals surface area (Å²) in [5, 5.41) is 0. The Kier molecular flexibility index (Phi) is 8.83. The van der Waals surface area contributed by atoms with E-state index in [-0.39, 0.29) is 11.6 Å². The van der Waals surface area contributed by atoms with Gasteiger partial charge in [-0.3, -0.25) is 4.90 Å². The molecule has 0 fully saturated rings. The summed E-state index contributed by atoms with van der Waals surface area (Å²) >= 11 is 0. The Labute approximate surface area is 108 Å². The van der Waals surface area contributed by atoms with Crippen LogP contribution >= 0.6 is 0 Å². The molecule has 2 unspecified atom stereocenters. The van der Waals surface area contributed by atoms with Crippen molar-refractivity contribution in [2.75, 3.05) is 26.7 Å².